The molecule has 0 radical (unpaired) electrons. The molecule has 0 spiro atoms. The maximum atomic E-state index is 9.59. The lowest BCUT2D eigenvalue weighted by atomic mass is 10.1. The topological polar surface area (TPSA) is 50.4 Å². The van der Waals surface area contributed by atoms with E-state index in [1.54, 1.807) is 12.4 Å². The Morgan fingerprint density at radius 3 is 2.67 bits per heavy atom. The van der Waals surface area contributed by atoms with Crippen molar-refractivity contribution in [2.45, 2.75) is 6.61 Å². The minimum atomic E-state index is -0.0680. The average molecular weight is 304 g/mol. The van der Waals surface area contributed by atoms with Gasteiger partial charge in [0, 0.05) is 18.0 Å². The van der Waals surface area contributed by atoms with Crippen LogP contribution in [0.15, 0.2) is 47.3 Å². The van der Waals surface area contributed by atoms with Crippen molar-refractivity contribution >= 4 is 21.6 Å². The van der Waals surface area contributed by atoms with Gasteiger partial charge in [0.1, 0.15) is 5.65 Å². The van der Waals surface area contributed by atoms with Crippen LogP contribution in [0.2, 0.25) is 0 Å². The standard InChI is InChI=1S/C13H10BrN3O/c14-11-2-1-3-12-16-13(10(8-18)17(11)12)9-4-6-15-7-5-9/h1-7,18H,8H2. The third kappa shape index (κ3) is 1.72. The van der Waals surface area contributed by atoms with Gasteiger partial charge in [0.25, 0.3) is 0 Å². The van der Waals surface area contributed by atoms with Crippen molar-refractivity contribution < 1.29 is 5.11 Å². The molecule has 0 saturated heterocycles. The second kappa shape index (κ2) is 4.51. The molecule has 0 amide bonds. The molecule has 3 heterocycles. The number of aliphatic hydroxyl groups is 1. The molecule has 0 unspecified atom stereocenters. The average Bonchev–Trinajstić information content (AvgIpc) is 2.79. The summed E-state index contributed by atoms with van der Waals surface area (Å²) in [7, 11) is 0. The number of hydrogen-bond acceptors (Lipinski definition) is 3. The molecule has 0 aliphatic heterocycles. The Hall–Kier alpha value is -1.72. The highest BCUT2D eigenvalue weighted by Crippen LogP contribution is 2.26. The normalized spacial score (nSPS) is 11.0. The number of fused-ring (bicyclic) bond motifs is 1. The molecule has 0 aliphatic rings. The van der Waals surface area contributed by atoms with Gasteiger partial charge < -0.3 is 5.11 Å². The molecule has 0 aliphatic carbocycles. The van der Waals surface area contributed by atoms with E-state index in [9.17, 15) is 5.11 Å². The lowest BCUT2D eigenvalue weighted by molar-refractivity contribution is 0.276. The largest absolute Gasteiger partial charge is 0.390 e. The number of aromatic nitrogens is 3. The summed E-state index contributed by atoms with van der Waals surface area (Å²) in [5, 5.41) is 9.59. The third-order valence-corrected chi connectivity index (χ3v) is 3.41. The highest BCUT2D eigenvalue weighted by molar-refractivity contribution is 9.10. The van der Waals surface area contributed by atoms with E-state index in [1.807, 2.05) is 34.7 Å². The monoisotopic (exact) mass is 303 g/mol. The van der Waals surface area contributed by atoms with Crippen LogP contribution in [0.4, 0.5) is 0 Å². The molecule has 5 heteroatoms. The van der Waals surface area contributed by atoms with E-state index in [1.165, 1.54) is 0 Å². The summed E-state index contributed by atoms with van der Waals surface area (Å²) in [6.45, 7) is -0.0680. The van der Waals surface area contributed by atoms with Gasteiger partial charge >= 0.3 is 0 Å². The molecule has 4 nitrogen and oxygen atoms in total. The fraction of sp³-hybridized carbons (Fsp3) is 0.0769. The van der Waals surface area contributed by atoms with Gasteiger partial charge in [-0.15, -0.1) is 0 Å². The van der Waals surface area contributed by atoms with Crippen LogP contribution in [-0.4, -0.2) is 19.5 Å². The highest BCUT2D eigenvalue weighted by Gasteiger charge is 2.14. The lowest BCUT2D eigenvalue weighted by Gasteiger charge is -2.03. The second-order valence-electron chi connectivity index (χ2n) is 3.84. The maximum absolute atomic E-state index is 9.59. The predicted molar refractivity (Wildman–Crippen MR) is 72.0 cm³/mol. The molecule has 0 fully saturated rings. The lowest BCUT2D eigenvalue weighted by Crippen LogP contribution is -1.95. The summed E-state index contributed by atoms with van der Waals surface area (Å²) in [6, 6.07) is 9.52. The van der Waals surface area contributed by atoms with Crippen LogP contribution >= 0.6 is 15.9 Å². The molecule has 3 aromatic heterocycles. The first-order valence-electron chi connectivity index (χ1n) is 5.48. The third-order valence-electron chi connectivity index (χ3n) is 2.79. The first-order valence-corrected chi connectivity index (χ1v) is 6.27. The Balaban J connectivity index is 2.34. The van der Waals surface area contributed by atoms with Crippen molar-refractivity contribution in [3.05, 3.63) is 53.0 Å². The molecule has 3 aromatic rings. The van der Waals surface area contributed by atoms with Crippen LogP contribution in [-0.2, 0) is 6.61 Å². The summed E-state index contributed by atoms with van der Waals surface area (Å²) in [6.07, 6.45) is 3.44. The molecule has 0 saturated carbocycles. The summed E-state index contributed by atoms with van der Waals surface area (Å²) in [4.78, 5) is 8.55. The summed E-state index contributed by atoms with van der Waals surface area (Å²) < 4.78 is 2.77. The SMILES string of the molecule is OCc1c(-c2ccncc2)nc2cccc(Br)n12. The fourth-order valence-corrected chi connectivity index (χ4v) is 2.55. The van der Waals surface area contributed by atoms with Crippen LogP contribution in [0.1, 0.15) is 5.69 Å². The smallest absolute Gasteiger partial charge is 0.138 e. The highest BCUT2D eigenvalue weighted by atomic mass is 79.9. The number of rotatable bonds is 2. The van der Waals surface area contributed by atoms with E-state index in [0.717, 1.165) is 27.2 Å². The Kier molecular flexibility index (Phi) is 2.85. The van der Waals surface area contributed by atoms with Gasteiger partial charge in [0.05, 0.1) is 22.6 Å². The van der Waals surface area contributed by atoms with Crippen molar-refractivity contribution in [3.8, 4) is 11.3 Å². The van der Waals surface area contributed by atoms with E-state index in [4.69, 9.17) is 0 Å². The molecule has 0 bridgehead atoms. The van der Waals surface area contributed by atoms with Crippen LogP contribution in [0.25, 0.3) is 16.9 Å². The zero-order valence-electron chi connectivity index (χ0n) is 9.42. The molecule has 3 rings (SSSR count). The first kappa shape index (κ1) is 11.4. The number of aliphatic hydroxyl groups excluding tert-OH is 1. The summed E-state index contributed by atoms with van der Waals surface area (Å²) >= 11 is 3.47. The van der Waals surface area contributed by atoms with E-state index in [-0.39, 0.29) is 6.61 Å². The van der Waals surface area contributed by atoms with Gasteiger partial charge in [0.15, 0.2) is 0 Å². The summed E-state index contributed by atoms with van der Waals surface area (Å²) in [5.74, 6) is 0. The number of nitrogens with zero attached hydrogens (tertiary/aromatic N) is 3. The molecule has 1 N–H and O–H groups in total. The van der Waals surface area contributed by atoms with Gasteiger partial charge in [0.2, 0.25) is 0 Å². The van der Waals surface area contributed by atoms with Gasteiger partial charge in [-0.05, 0) is 40.2 Å². The molecular formula is C13H10BrN3O. The van der Waals surface area contributed by atoms with Gasteiger partial charge in [-0.25, -0.2) is 4.98 Å². The Bertz CT molecular complexity index is 694. The molecular weight excluding hydrogens is 294 g/mol. The zero-order chi connectivity index (χ0) is 12.5. The quantitative estimate of drug-likeness (QED) is 0.741. The van der Waals surface area contributed by atoms with Crippen LogP contribution in [0.3, 0.4) is 0 Å². The minimum Gasteiger partial charge on any atom is -0.390 e. The molecule has 0 aromatic carbocycles. The van der Waals surface area contributed by atoms with Crippen molar-refractivity contribution in [2.75, 3.05) is 0 Å². The van der Waals surface area contributed by atoms with Crippen LogP contribution < -0.4 is 0 Å². The van der Waals surface area contributed by atoms with E-state index in [0.29, 0.717) is 0 Å². The molecule has 0 atom stereocenters. The number of halogens is 1. The summed E-state index contributed by atoms with van der Waals surface area (Å²) in [5.41, 5.74) is 3.31. The van der Waals surface area contributed by atoms with E-state index < -0.39 is 0 Å². The molecule has 90 valence electrons. The number of imidazole rings is 1. The Morgan fingerprint density at radius 2 is 1.94 bits per heavy atom. The van der Waals surface area contributed by atoms with E-state index >= 15 is 0 Å². The number of pyridine rings is 2. The second-order valence-corrected chi connectivity index (χ2v) is 4.66. The molecule has 18 heavy (non-hydrogen) atoms. The van der Waals surface area contributed by atoms with E-state index in [2.05, 4.69) is 25.9 Å². The fourth-order valence-electron chi connectivity index (χ4n) is 2.00. The Morgan fingerprint density at radius 1 is 1.17 bits per heavy atom. The number of hydrogen-bond donors (Lipinski definition) is 1. The van der Waals surface area contributed by atoms with Crippen LogP contribution in [0, 0.1) is 0 Å². The van der Waals surface area contributed by atoms with Crippen molar-refractivity contribution in [1.82, 2.24) is 14.4 Å². The van der Waals surface area contributed by atoms with Gasteiger partial charge in [-0.3, -0.25) is 9.38 Å². The Labute approximate surface area is 112 Å². The maximum Gasteiger partial charge on any atom is 0.138 e. The van der Waals surface area contributed by atoms with Crippen molar-refractivity contribution in [2.24, 2.45) is 0 Å². The van der Waals surface area contributed by atoms with Gasteiger partial charge in [-0.1, -0.05) is 6.07 Å². The zero-order valence-corrected chi connectivity index (χ0v) is 11.0. The first-order chi connectivity index (χ1) is 8.81. The minimum absolute atomic E-state index is 0.0680. The van der Waals surface area contributed by atoms with Crippen molar-refractivity contribution in [3.63, 3.8) is 0 Å². The van der Waals surface area contributed by atoms with Crippen LogP contribution in [0.5, 0.6) is 0 Å². The predicted octanol–water partition coefficient (Wildman–Crippen LogP) is 2.65. The van der Waals surface area contributed by atoms with Crippen molar-refractivity contribution in [1.29, 1.82) is 0 Å². The van der Waals surface area contributed by atoms with Gasteiger partial charge in [-0.2, -0.15) is 0 Å².